The lowest BCUT2D eigenvalue weighted by molar-refractivity contribution is 0.0520. The van der Waals surface area contributed by atoms with E-state index in [1.165, 1.54) is 18.5 Å². The molecule has 2 aromatic heterocycles. The average molecular weight is 218 g/mol. The molecule has 0 atom stereocenters. The number of carbonyl (C=O) groups excluding carboxylic acids is 1. The molecule has 0 spiro atoms. The number of nitrogens with zero attached hydrogens (tertiary/aromatic N) is 1. The second-order valence-electron chi connectivity index (χ2n) is 3.19. The maximum atomic E-state index is 11.7. The van der Waals surface area contributed by atoms with Gasteiger partial charge < -0.3 is 9.72 Å². The van der Waals surface area contributed by atoms with Gasteiger partial charge in [0.2, 0.25) is 0 Å². The molecular weight excluding hydrogens is 208 g/mol. The van der Waals surface area contributed by atoms with Crippen LogP contribution < -0.4 is 5.43 Å². The molecule has 0 saturated heterocycles. The molecule has 5 nitrogen and oxygen atoms in total. The molecule has 0 unspecified atom stereocenters. The fraction of sp³-hybridized carbons (Fsp3) is 0.182. The third-order valence-electron chi connectivity index (χ3n) is 2.13. The Morgan fingerprint density at radius 2 is 2.38 bits per heavy atom. The Kier molecular flexibility index (Phi) is 2.68. The first-order valence-corrected chi connectivity index (χ1v) is 4.86. The van der Waals surface area contributed by atoms with Gasteiger partial charge in [-0.1, -0.05) is 0 Å². The van der Waals surface area contributed by atoms with Crippen molar-refractivity contribution in [1.82, 2.24) is 9.97 Å². The first-order valence-electron chi connectivity index (χ1n) is 4.86. The van der Waals surface area contributed by atoms with Crippen LogP contribution in [-0.4, -0.2) is 22.5 Å². The van der Waals surface area contributed by atoms with E-state index < -0.39 is 5.97 Å². The number of nitrogens with one attached hydrogen (secondary N) is 1. The molecule has 0 fully saturated rings. The quantitative estimate of drug-likeness (QED) is 0.766. The molecule has 0 aliphatic rings. The Labute approximate surface area is 91.1 Å². The predicted molar refractivity (Wildman–Crippen MR) is 58.3 cm³/mol. The van der Waals surface area contributed by atoms with Crippen molar-refractivity contribution < 1.29 is 9.53 Å². The third kappa shape index (κ3) is 1.79. The standard InChI is InChI=1S/C11H10N2O3/c1-2-16-11(15)8-5-10(14)7-3-4-12-6-9(7)13-8/h3-6H,2H2,1H3,(H,13,14). The van der Waals surface area contributed by atoms with Crippen LogP contribution in [0.3, 0.4) is 0 Å². The minimum Gasteiger partial charge on any atom is -0.461 e. The Balaban J connectivity index is 2.58. The molecule has 0 amide bonds. The number of carbonyl (C=O) groups is 1. The topological polar surface area (TPSA) is 72.1 Å². The Morgan fingerprint density at radius 1 is 1.56 bits per heavy atom. The lowest BCUT2D eigenvalue weighted by Gasteiger charge is -2.03. The monoisotopic (exact) mass is 218 g/mol. The number of pyridine rings is 2. The lowest BCUT2D eigenvalue weighted by atomic mass is 10.2. The zero-order chi connectivity index (χ0) is 11.5. The SMILES string of the molecule is CCOC(=O)c1cc(=O)c2ccncc2[nH]1. The Hall–Kier alpha value is -2.17. The van der Waals surface area contributed by atoms with Crippen LogP contribution in [0, 0.1) is 0 Å². The van der Waals surface area contributed by atoms with Gasteiger partial charge >= 0.3 is 5.97 Å². The van der Waals surface area contributed by atoms with Crippen LogP contribution in [0.15, 0.2) is 29.3 Å². The van der Waals surface area contributed by atoms with Crippen LogP contribution in [0.25, 0.3) is 10.9 Å². The molecule has 82 valence electrons. The second-order valence-corrected chi connectivity index (χ2v) is 3.19. The summed E-state index contributed by atoms with van der Waals surface area (Å²) in [6.07, 6.45) is 3.03. The summed E-state index contributed by atoms with van der Waals surface area (Å²) in [5.74, 6) is -0.537. The summed E-state index contributed by atoms with van der Waals surface area (Å²) in [4.78, 5) is 29.8. The molecule has 0 radical (unpaired) electrons. The molecule has 0 saturated carbocycles. The van der Waals surface area contributed by atoms with Crippen molar-refractivity contribution in [2.75, 3.05) is 6.61 Å². The van der Waals surface area contributed by atoms with Crippen LogP contribution in [0.4, 0.5) is 0 Å². The number of ether oxygens (including phenoxy) is 1. The number of aromatic nitrogens is 2. The number of aromatic amines is 1. The number of H-pyrrole nitrogens is 1. The molecule has 0 aliphatic carbocycles. The summed E-state index contributed by atoms with van der Waals surface area (Å²) in [7, 11) is 0. The zero-order valence-electron chi connectivity index (χ0n) is 8.69. The van der Waals surface area contributed by atoms with Crippen molar-refractivity contribution in [3.05, 3.63) is 40.4 Å². The molecule has 0 aromatic carbocycles. The van der Waals surface area contributed by atoms with Gasteiger partial charge in [-0.15, -0.1) is 0 Å². The van der Waals surface area contributed by atoms with Gasteiger partial charge in [0.05, 0.1) is 18.3 Å². The molecule has 2 heterocycles. The number of hydrogen-bond donors (Lipinski definition) is 1. The molecule has 0 bridgehead atoms. The number of fused-ring (bicyclic) bond motifs is 1. The zero-order valence-corrected chi connectivity index (χ0v) is 8.69. The van der Waals surface area contributed by atoms with E-state index in [-0.39, 0.29) is 17.7 Å². The Bertz CT molecular complexity index is 589. The summed E-state index contributed by atoms with van der Waals surface area (Å²) in [5, 5.41) is 0.503. The van der Waals surface area contributed by atoms with E-state index in [9.17, 15) is 9.59 Å². The van der Waals surface area contributed by atoms with Crippen LogP contribution in [0.2, 0.25) is 0 Å². The smallest absolute Gasteiger partial charge is 0.354 e. The van der Waals surface area contributed by atoms with Crippen LogP contribution in [0.5, 0.6) is 0 Å². The largest absolute Gasteiger partial charge is 0.461 e. The highest BCUT2D eigenvalue weighted by Crippen LogP contribution is 2.06. The minimum absolute atomic E-state index is 0.146. The van der Waals surface area contributed by atoms with Crippen LogP contribution in [0.1, 0.15) is 17.4 Å². The van der Waals surface area contributed by atoms with Gasteiger partial charge in [-0.05, 0) is 13.0 Å². The number of rotatable bonds is 2. The van der Waals surface area contributed by atoms with E-state index in [0.29, 0.717) is 10.9 Å². The summed E-state index contributed by atoms with van der Waals surface area (Å²) >= 11 is 0. The highest BCUT2D eigenvalue weighted by molar-refractivity contribution is 5.90. The first-order chi connectivity index (χ1) is 7.72. The lowest BCUT2D eigenvalue weighted by Crippen LogP contribution is -2.12. The van der Waals surface area contributed by atoms with Gasteiger partial charge in [-0.3, -0.25) is 9.78 Å². The summed E-state index contributed by atoms with van der Waals surface area (Å²) in [6, 6.07) is 2.84. The van der Waals surface area contributed by atoms with E-state index in [0.717, 1.165) is 0 Å². The average Bonchev–Trinajstić information content (AvgIpc) is 2.29. The van der Waals surface area contributed by atoms with Gasteiger partial charge in [0.15, 0.2) is 5.43 Å². The Morgan fingerprint density at radius 3 is 3.12 bits per heavy atom. The van der Waals surface area contributed by atoms with Crippen molar-refractivity contribution in [3.63, 3.8) is 0 Å². The van der Waals surface area contributed by atoms with Gasteiger partial charge in [0, 0.05) is 17.6 Å². The number of hydrogen-bond acceptors (Lipinski definition) is 4. The van der Waals surface area contributed by atoms with Gasteiger partial charge in [0.25, 0.3) is 0 Å². The maximum Gasteiger partial charge on any atom is 0.354 e. The second kappa shape index (κ2) is 4.14. The van der Waals surface area contributed by atoms with E-state index in [2.05, 4.69) is 9.97 Å². The van der Waals surface area contributed by atoms with Crippen molar-refractivity contribution >= 4 is 16.9 Å². The summed E-state index contributed by atoms with van der Waals surface area (Å²) in [6.45, 7) is 1.98. The van der Waals surface area contributed by atoms with Crippen molar-refractivity contribution in [1.29, 1.82) is 0 Å². The fourth-order valence-corrected chi connectivity index (χ4v) is 1.42. The van der Waals surface area contributed by atoms with E-state index >= 15 is 0 Å². The molecule has 2 aromatic rings. The molecule has 5 heteroatoms. The summed E-state index contributed by atoms with van der Waals surface area (Å²) < 4.78 is 4.80. The van der Waals surface area contributed by atoms with Crippen LogP contribution >= 0.6 is 0 Å². The van der Waals surface area contributed by atoms with E-state index in [1.807, 2.05) is 0 Å². The molecular formula is C11H10N2O3. The van der Waals surface area contributed by atoms with Crippen molar-refractivity contribution in [2.24, 2.45) is 0 Å². The molecule has 0 aliphatic heterocycles. The minimum atomic E-state index is -0.537. The van der Waals surface area contributed by atoms with Gasteiger partial charge in [-0.25, -0.2) is 4.79 Å². The number of esters is 1. The molecule has 16 heavy (non-hydrogen) atoms. The van der Waals surface area contributed by atoms with Crippen molar-refractivity contribution in [2.45, 2.75) is 6.92 Å². The normalized spacial score (nSPS) is 10.3. The highest BCUT2D eigenvalue weighted by Gasteiger charge is 2.09. The highest BCUT2D eigenvalue weighted by atomic mass is 16.5. The predicted octanol–water partition coefficient (Wildman–Crippen LogP) is 1.10. The van der Waals surface area contributed by atoms with Gasteiger partial charge in [-0.2, -0.15) is 0 Å². The van der Waals surface area contributed by atoms with E-state index in [4.69, 9.17) is 4.74 Å². The summed E-state index contributed by atoms with van der Waals surface area (Å²) in [5.41, 5.74) is 0.449. The van der Waals surface area contributed by atoms with Crippen molar-refractivity contribution in [3.8, 4) is 0 Å². The third-order valence-corrected chi connectivity index (χ3v) is 2.13. The maximum absolute atomic E-state index is 11.7. The first kappa shape index (κ1) is 10.4. The van der Waals surface area contributed by atoms with Crippen LogP contribution in [-0.2, 0) is 4.74 Å². The molecule has 2 rings (SSSR count). The fourth-order valence-electron chi connectivity index (χ4n) is 1.42. The molecule has 1 N–H and O–H groups in total. The van der Waals surface area contributed by atoms with Gasteiger partial charge in [0.1, 0.15) is 5.69 Å². The van der Waals surface area contributed by atoms with E-state index in [1.54, 1.807) is 13.0 Å².